The van der Waals surface area contributed by atoms with Crippen LogP contribution in [-0.4, -0.2) is 29.6 Å². The minimum absolute atomic E-state index is 0.137. The van der Waals surface area contributed by atoms with Crippen LogP contribution in [0.3, 0.4) is 0 Å². The van der Waals surface area contributed by atoms with E-state index in [9.17, 15) is 4.39 Å². The number of rotatable bonds is 3. The van der Waals surface area contributed by atoms with E-state index in [0.29, 0.717) is 6.04 Å². The van der Waals surface area contributed by atoms with Crippen LogP contribution in [-0.2, 0) is 6.54 Å². The van der Waals surface area contributed by atoms with Crippen molar-refractivity contribution in [2.45, 2.75) is 51.7 Å². The lowest BCUT2D eigenvalue weighted by Gasteiger charge is -2.46. The third kappa shape index (κ3) is 2.75. The molecule has 1 aliphatic carbocycles. The largest absolute Gasteiger partial charge is 0.308 e. The lowest BCUT2D eigenvalue weighted by Crippen LogP contribution is -2.62. The first-order valence-electron chi connectivity index (χ1n) is 7.72. The summed E-state index contributed by atoms with van der Waals surface area (Å²) in [7, 11) is 0. The first-order chi connectivity index (χ1) is 9.48. The van der Waals surface area contributed by atoms with E-state index in [2.05, 4.69) is 24.1 Å². The van der Waals surface area contributed by atoms with Gasteiger partial charge in [0.05, 0.1) is 0 Å². The van der Waals surface area contributed by atoms with Gasteiger partial charge in [0.1, 0.15) is 5.82 Å². The third-order valence-electron chi connectivity index (χ3n) is 5.11. The van der Waals surface area contributed by atoms with Crippen LogP contribution < -0.4 is 5.32 Å². The number of nitrogens with zero attached hydrogens (tertiary/aromatic N) is 1. The van der Waals surface area contributed by atoms with Crippen LogP contribution in [0.15, 0.2) is 18.2 Å². The highest BCUT2D eigenvalue weighted by Crippen LogP contribution is 2.41. The molecule has 1 aromatic rings. The fourth-order valence-electron chi connectivity index (χ4n) is 3.40. The molecule has 3 rings (SSSR count). The zero-order valence-electron chi connectivity index (χ0n) is 12.7. The van der Waals surface area contributed by atoms with Crippen molar-refractivity contribution in [2.24, 2.45) is 5.92 Å². The minimum Gasteiger partial charge on any atom is -0.308 e. The number of nitrogens with one attached hydrogen (secondary N) is 1. The molecule has 2 unspecified atom stereocenters. The van der Waals surface area contributed by atoms with Crippen molar-refractivity contribution in [1.29, 1.82) is 0 Å². The van der Waals surface area contributed by atoms with Gasteiger partial charge in [-0.15, -0.1) is 0 Å². The second-order valence-electron chi connectivity index (χ2n) is 6.90. The van der Waals surface area contributed by atoms with E-state index < -0.39 is 0 Å². The van der Waals surface area contributed by atoms with Crippen LogP contribution >= 0.6 is 0 Å². The van der Waals surface area contributed by atoms with Crippen molar-refractivity contribution in [2.75, 3.05) is 13.1 Å². The lowest BCUT2D eigenvalue weighted by molar-refractivity contribution is 0.0768. The first-order valence-corrected chi connectivity index (χ1v) is 7.72. The molecule has 1 saturated heterocycles. The van der Waals surface area contributed by atoms with Gasteiger partial charge in [-0.05, 0) is 62.8 Å². The molecule has 2 atom stereocenters. The van der Waals surface area contributed by atoms with Crippen molar-refractivity contribution in [3.8, 4) is 0 Å². The molecule has 0 aromatic heterocycles. The fraction of sp³-hybridized carbons (Fsp3) is 0.647. The predicted octanol–water partition coefficient (Wildman–Crippen LogP) is 3.10. The second-order valence-corrected chi connectivity index (χ2v) is 6.90. The van der Waals surface area contributed by atoms with Crippen molar-refractivity contribution in [1.82, 2.24) is 10.2 Å². The molecule has 1 heterocycles. The Morgan fingerprint density at radius 3 is 2.80 bits per heavy atom. The minimum atomic E-state index is -0.137. The lowest BCUT2D eigenvalue weighted by atomic mass is 9.90. The van der Waals surface area contributed by atoms with E-state index in [1.807, 2.05) is 13.0 Å². The molecule has 2 fully saturated rings. The second kappa shape index (κ2) is 5.12. The Balaban J connectivity index is 1.74. The summed E-state index contributed by atoms with van der Waals surface area (Å²) in [4.78, 5) is 2.55. The number of hydrogen-bond acceptors (Lipinski definition) is 2. The molecule has 20 heavy (non-hydrogen) atoms. The van der Waals surface area contributed by atoms with Gasteiger partial charge in [-0.1, -0.05) is 6.07 Å². The Labute approximate surface area is 121 Å². The summed E-state index contributed by atoms with van der Waals surface area (Å²) >= 11 is 0. The molecule has 0 radical (unpaired) electrons. The van der Waals surface area contributed by atoms with Crippen LogP contribution in [0.2, 0.25) is 0 Å². The molecule has 0 spiro atoms. The number of piperazine rings is 1. The number of hydrogen-bond donors (Lipinski definition) is 1. The molecule has 0 amide bonds. The molecule has 2 nitrogen and oxygen atoms in total. The molecule has 110 valence electrons. The number of halogens is 1. The normalized spacial score (nSPS) is 31.5. The van der Waals surface area contributed by atoms with E-state index >= 15 is 0 Å². The average molecular weight is 276 g/mol. The summed E-state index contributed by atoms with van der Waals surface area (Å²) in [5, 5.41) is 3.75. The summed E-state index contributed by atoms with van der Waals surface area (Å²) < 4.78 is 13.2. The molecule has 0 bridgehead atoms. The average Bonchev–Trinajstić information content (AvgIpc) is 3.22. The maximum Gasteiger partial charge on any atom is 0.123 e. The number of aryl methyl sites for hydroxylation is 1. The molecule has 1 saturated carbocycles. The summed E-state index contributed by atoms with van der Waals surface area (Å²) in [6.45, 7) is 9.71. The highest BCUT2D eigenvalue weighted by Gasteiger charge is 2.45. The van der Waals surface area contributed by atoms with Gasteiger partial charge in [0, 0.05) is 31.2 Å². The topological polar surface area (TPSA) is 15.3 Å². The fourth-order valence-corrected chi connectivity index (χ4v) is 3.40. The van der Waals surface area contributed by atoms with Crippen molar-refractivity contribution < 1.29 is 4.39 Å². The predicted molar refractivity (Wildman–Crippen MR) is 80.1 cm³/mol. The highest BCUT2D eigenvalue weighted by atomic mass is 19.1. The first kappa shape index (κ1) is 14.0. The van der Waals surface area contributed by atoms with Gasteiger partial charge in [-0.3, -0.25) is 4.90 Å². The van der Waals surface area contributed by atoms with E-state index in [0.717, 1.165) is 31.1 Å². The van der Waals surface area contributed by atoms with Gasteiger partial charge < -0.3 is 5.32 Å². The molecular weight excluding hydrogens is 251 g/mol. The van der Waals surface area contributed by atoms with Crippen LogP contribution in [0, 0.1) is 18.7 Å². The van der Waals surface area contributed by atoms with Gasteiger partial charge in [0.15, 0.2) is 0 Å². The standard InChI is InChI=1S/C17H25FN2/c1-12-8-16(18)7-4-14(12)10-20-11-17(3,15-5-6-15)19-9-13(20)2/h4,7-8,13,15,19H,5-6,9-11H2,1-3H3. The quantitative estimate of drug-likeness (QED) is 0.912. The van der Waals surface area contributed by atoms with Gasteiger partial charge in [-0.2, -0.15) is 0 Å². The third-order valence-corrected chi connectivity index (χ3v) is 5.11. The van der Waals surface area contributed by atoms with E-state index in [-0.39, 0.29) is 11.4 Å². The Kier molecular flexibility index (Phi) is 3.59. The molecule has 1 N–H and O–H groups in total. The number of benzene rings is 1. The Hall–Kier alpha value is -0.930. The maximum atomic E-state index is 13.2. The summed E-state index contributed by atoms with van der Waals surface area (Å²) in [5.41, 5.74) is 2.57. The molecule has 1 aromatic carbocycles. The van der Waals surface area contributed by atoms with Crippen LogP contribution in [0.25, 0.3) is 0 Å². The van der Waals surface area contributed by atoms with Gasteiger partial charge in [0.25, 0.3) is 0 Å². The Morgan fingerprint density at radius 1 is 1.40 bits per heavy atom. The van der Waals surface area contributed by atoms with Crippen molar-refractivity contribution in [3.63, 3.8) is 0 Å². The zero-order chi connectivity index (χ0) is 14.3. The molecular formula is C17H25FN2. The van der Waals surface area contributed by atoms with E-state index in [4.69, 9.17) is 0 Å². The van der Waals surface area contributed by atoms with Crippen molar-refractivity contribution >= 4 is 0 Å². The molecule has 3 heteroatoms. The smallest absolute Gasteiger partial charge is 0.123 e. The molecule has 2 aliphatic rings. The monoisotopic (exact) mass is 276 g/mol. The van der Waals surface area contributed by atoms with E-state index in [1.165, 1.54) is 18.4 Å². The van der Waals surface area contributed by atoms with Crippen LogP contribution in [0.4, 0.5) is 4.39 Å². The Morgan fingerprint density at radius 2 is 2.15 bits per heavy atom. The van der Waals surface area contributed by atoms with Crippen LogP contribution in [0.1, 0.15) is 37.8 Å². The van der Waals surface area contributed by atoms with E-state index in [1.54, 1.807) is 12.1 Å². The molecule has 1 aliphatic heterocycles. The highest BCUT2D eigenvalue weighted by molar-refractivity contribution is 5.26. The summed E-state index contributed by atoms with van der Waals surface area (Å²) in [5.74, 6) is 0.703. The summed E-state index contributed by atoms with van der Waals surface area (Å²) in [6.07, 6.45) is 2.72. The Bertz CT molecular complexity index is 498. The van der Waals surface area contributed by atoms with Crippen molar-refractivity contribution in [3.05, 3.63) is 35.1 Å². The summed E-state index contributed by atoms with van der Waals surface area (Å²) in [6, 6.07) is 5.69. The SMILES string of the molecule is Cc1cc(F)ccc1CN1CC(C)(C2CC2)NCC1C. The maximum absolute atomic E-state index is 13.2. The van der Waals surface area contributed by atoms with Gasteiger partial charge in [-0.25, -0.2) is 4.39 Å². The van der Waals surface area contributed by atoms with Gasteiger partial charge in [0.2, 0.25) is 0 Å². The zero-order valence-corrected chi connectivity index (χ0v) is 12.7. The van der Waals surface area contributed by atoms with Gasteiger partial charge >= 0.3 is 0 Å². The van der Waals surface area contributed by atoms with Crippen LogP contribution in [0.5, 0.6) is 0 Å².